The lowest BCUT2D eigenvalue weighted by atomic mass is 10.3. The van der Waals surface area contributed by atoms with E-state index in [9.17, 15) is 0 Å². The SMILES string of the molecule is CO/N=C/c1ccsc1CO. The van der Waals surface area contributed by atoms with Gasteiger partial charge in [-0.05, 0) is 11.4 Å². The summed E-state index contributed by atoms with van der Waals surface area (Å²) >= 11 is 1.50. The molecule has 0 aliphatic rings. The van der Waals surface area contributed by atoms with Crippen LogP contribution < -0.4 is 0 Å². The van der Waals surface area contributed by atoms with Crippen LogP contribution in [0.5, 0.6) is 0 Å². The summed E-state index contributed by atoms with van der Waals surface area (Å²) in [5.41, 5.74) is 0.916. The molecule has 4 heteroatoms. The van der Waals surface area contributed by atoms with E-state index < -0.39 is 0 Å². The van der Waals surface area contributed by atoms with Crippen LogP contribution in [0.4, 0.5) is 0 Å². The maximum Gasteiger partial charge on any atom is 0.106 e. The first-order chi connectivity index (χ1) is 5.38. The van der Waals surface area contributed by atoms with Gasteiger partial charge in [0.2, 0.25) is 0 Å². The van der Waals surface area contributed by atoms with E-state index >= 15 is 0 Å². The van der Waals surface area contributed by atoms with Crippen LogP contribution in [0.3, 0.4) is 0 Å². The van der Waals surface area contributed by atoms with Gasteiger partial charge < -0.3 is 9.94 Å². The number of hydrogen-bond donors (Lipinski definition) is 1. The van der Waals surface area contributed by atoms with Crippen LogP contribution in [0.1, 0.15) is 10.4 Å². The van der Waals surface area contributed by atoms with E-state index in [1.54, 1.807) is 6.21 Å². The second-order valence-corrected chi connectivity index (χ2v) is 2.87. The van der Waals surface area contributed by atoms with Crippen molar-refractivity contribution >= 4 is 17.6 Å². The van der Waals surface area contributed by atoms with Crippen LogP contribution in [0.2, 0.25) is 0 Å². The lowest BCUT2D eigenvalue weighted by Crippen LogP contribution is -1.85. The third kappa shape index (κ3) is 2.03. The topological polar surface area (TPSA) is 41.8 Å². The molecule has 1 aromatic rings. The first kappa shape index (κ1) is 8.23. The van der Waals surface area contributed by atoms with Gasteiger partial charge in [0.15, 0.2) is 0 Å². The Morgan fingerprint density at radius 3 is 3.27 bits per heavy atom. The minimum atomic E-state index is 0.0583. The largest absolute Gasteiger partial charge is 0.399 e. The van der Waals surface area contributed by atoms with Gasteiger partial charge in [0.25, 0.3) is 0 Å². The molecule has 0 saturated carbocycles. The normalized spacial score (nSPS) is 10.7. The van der Waals surface area contributed by atoms with Gasteiger partial charge in [-0.1, -0.05) is 5.16 Å². The second-order valence-electron chi connectivity index (χ2n) is 1.87. The van der Waals surface area contributed by atoms with E-state index in [2.05, 4.69) is 9.99 Å². The van der Waals surface area contributed by atoms with Crippen LogP contribution in [0.25, 0.3) is 0 Å². The van der Waals surface area contributed by atoms with Crippen molar-refractivity contribution in [2.45, 2.75) is 6.61 Å². The molecule has 1 N–H and O–H groups in total. The molecule has 0 amide bonds. The van der Waals surface area contributed by atoms with Crippen molar-refractivity contribution < 1.29 is 9.94 Å². The van der Waals surface area contributed by atoms with E-state index in [-0.39, 0.29) is 6.61 Å². The highest BCUT2D eigenvalue weighted by Crippen LogP contribution is 2.14. The van der Waals surface area contributed by atoms with E-state index in [1.807, 2.05) is 11.4 Å². The molecule has 1 heterocycles. The molecule has 0 radical (unpaired) electrons. The predicted molar refractivity (Wildman–Crippen MR) is 44.8 cm³/mol. The maximum atomic E-state index is 8.81. The van der Waals surface area contributed by atoms with Gasteiger partial charge in [0.05, 0.1) is 12.8 Å². The Labute approximate surface area is 68.9 Å². The van der Waals surface area contributed by atoms with Gasteiger partial charge >= 0.3 is 0 Å². The molecule has 3 nitrogen and oxygen atoms in total. The van der Waals surface area contributed by atoms with Gasteiger partial charge in [-0.3, -0.25) is 0 Å². The fraction of sp³-hybridized carbons (Fsp3) is 0.286. The molecular formula is C7H9NO2S. The summed E-state index contributed by atoms with van der Waals surface area (Å²) in [6, 6.07) is 1.89. The summed E-state index contributed by atoms with van der Waals surface area (Å²) < 4.78 is 0. The number of thiophene rings is 1. The third-order valence-electron chi connectivity index (χ3n) is 1.22. The van der Waals surface area contributed by atoms with Crippen molar-refractivity contribution in [1.29, 1.82) is 0 Å². The summed E-state index contributed by atoms with van der Waals surface area (Å²) in [5.74, 6) is 0. The van der Waals surface area contributed by atoms with Crippen molar-refractivity contribution in [1.82, 2.24) is 0 Å². The number of aliphatic hydroxyl groups is 1. The Morgan fingerprint density at radius 1 is 1.82 bits per heavy atom. The van der Waals surface area contributed by atoms with Gasteiger partial charge in [0, 0.05) is 10.4 Å². The van der Waals surface area contributed by atoms with Crippen LogP contribution in [-0.4, -0.2) is 18.4 Å². The summed E-state index contributed by atoms with van der Waals surface area (Å²) in [4.78, 5) is 5.42. The van der Waals surface area contributed by atoms with Crippen LogP contribution in [0.15, 0.2) is 16.6 Å². The van der Waals surface area contributed by atoms with Crippen molar-refractivity contribution in [2.75, 3.05) is 7.11 Å². The summed E-state index contributed by atoms with van der Waals surface area (Å²) in [7, 11) is 1.49. The lowest BCUT2D eigenvalue weighted by molar-refractivity contribution is 0.215. The van der Waals surface area contributed by atoms with Crippen molar-refractivity contribution in [3.8, 4) is 0 Å². The Morgan fingerprint density at radius 2 is 2.64 bits per heavy atom. The molecule has 0 bridgehead atoms. The quantitative estimate of drug-likeness (QED) is 0.549. The van der Waals surface area contributed by atoms with Crippen molar-refractivity contribution in [2.24, 2.45) is 5.16 Å². The Hall–Kier alpha value is -0.870. The summed E-state index contributed by atoms with van der Waals surface area (Å²) in [6.07, 6.45) is 1.59. The van der Waals surface area contributed by atoms with Crippen LogP contribution >= 0.6 is 11.3 Å². The standard InChI is InChI=1S/C7H9NO2S/c1-10-8-4-6-2-3-11-7(6)5-9/h2-4,9H,5H2,1H3/b8-4+. The molecule has 0 atom stereocenters. The molecule has 0 aliphatic heterocycles. The minimum Gasteiger partial charge on any atom is -0.399 e. The second kappa shape index (κ2) is 4.10. The van der Waals surface area contributed by atoms with E-state index in [0.717, 1.165) is 10.4 Å². The molecule has 1 aromatic heterocycles. The third-order valence-corrected chi connectivity index (χ3v) is 2.14. The van der Waals surface area contributed by atoms with Crippen LogP contribution in [-0.2, 0) is 11.4 Å². The molecule has 0 spiro atoms. The number of hydrogen-bond acceptors (Lipinski definition) is 4. The number of rotatable bonds is 3. The first-order valence-electron chi connectivity index (χ1n) is 3.12. The summed E-state index contributed by atoms with van der Waals surface area (Å²) in [5, 5.41) is 14.3. The molecule has 0 saturated heterocycles. The molecule has 0 fully saturated rings. The fourth-order valence-corrected chi connectivity index (χ4v) is 1.41. The van der Waals surface area contributed by atoms with E-state index in [4.69, 9.17) is 5.11 Å². The van der Waals surface area contributed by atoms with Gasteiger partial charge in [-0.2, -0.15) is 0 Å². The van der Waals surface area contributed by atoms with Crippen molar-refractivity contribution in [3.05, 3.63) is 21.9 Å². The highest BCUT2D eigenvalue weighted by molar-refractivity contribution is 7.10. The molecule has 0 unspecified atom stereocenters. The molecular weight excluding hydrogens is 162 g/mol. The average Bonchev–Trinajstić information content (AvgIpc) is 2.47. The molecule has 1 rings (SSSR count). The molecule has 11 heavy (non-hydrogen) atoms. The summed E-state index contributed by atoms with van der Waals surface area (Å²) in [6.45, 7) is 0.0583. The lowest BCUT2D eigenvalue weighted by Gasteiger charge is -1.90. The molecule has 60 valence electrons. The predicted octanol–water partition coefficient (Wildman–Crippen LogP) is 1.22. The first-order valence-corrected chi connectivity index (χ1v) is 4.00. The smallest absolute Gasteiger partial charge is 0.106 e. The Bertz CT molecular complexity index is 244. The zero-order chi connectivity index (χ0) is 8.10. The zero-order valence-electron chi connectivity index (χ0n) is 6.15. The van der Waals surface area contributed by atoms with Gasteiger partial charge in [-0.15, -0.1) is 11.3 Å². The Balaban J connectivity index is 2.76. The van der Waals surface area contributed by atoms with E-state index in [1.165, 1.54) is 18.4 Å². The zero-order valence-corrected chi connectivity index (χ0v) is 6.97. The highest BCUT2D eigenvalue weighted by atomic mass is 32.1. The fourth-order valence-electron chi connectivity index (χ4n) is 0.704. The molecule has 0 aliphatic carbocycles. The van der Waals surface area contributed by atoms with Gasteiger partial charge in [-0.25, -0.2) is 0 Å². The van der Waals surface area contributed by atoms with Crippen LogP contribution in [0, 0.1) is 0 Å². The minimum absolute atomic E-state index is 0.0583. The van der Waals surface area contributed by atoms with E-state index in [0.29, 0.717) is 0 Å². The maximum absolute atomic E-state index is 8.81. The number of oxime groups is 1. The monoisotopic (exact) mass is 171 g/mol. The number of nitrogens with zero attached hydrogens (tertiary/aromatic N) is 1. The Kier molecular flexibility index (Phi) is 3.07. The van der Waals surface area contributed by atoms with Gasteiger partial charge in [0.1, 0.15) is 7.11 Å². The van der Waals surface area contributed by atoms with Crippen molar-refractivity contribution in [3.63, 3.8) is 0 Å². The number of aliphatic hydroxyl groups excluding tert-OH is 1. The highest BCUT2D eigenvalue weighted by Gasteiger charge is 1.98. The average molecular weight is 171 g/mol. The molecule has 0 aromatic carbocycles.